The predicted octanol–water partition coefficient (Wildman–Crippen LogP) is 3.15. The van der Waals surface area contributed by atoms with E-state index in [9.17, 15) is 19.5 Å². The predicted molar refractivity (Wildman–Crippen MR) is 116 cm³/mol. The lowest BCUT2D eigenvalue weighted by molar-refractivity contribution is 0.0824. The van der Waals surface area contributed by atoms with E-state index in [0.29, 0.717) is 12.2 Å². The van der Waals surface area contributed by atoms with Crippen LogP contribution < -0.4 is 21.5 Å². The summed E-state index contributed by atoms with van der Waals surface area (Å²) in [5, 5.41) is 16.4. The van der Waals surface area contributed by atoms with E-state index >= 15 is 0 Å². The molecule has 0 spiro atoms. The molecule has 2 aromatic carbocycles. The Morgan fingerprint density at radius 2 is 1.87 bits per heavy atom. The fraction of sp³-hybridized carbons (Fsp3) is 0.318. The van der Waals surface area contributed by atoms with Crippen LogP contribution in [0.3, 0.4) is 0 Å². The van der Waals surface area contributed by atoms with Crippen LogP contribution in [0.4, 0.5) is 17.1 Å². The number of nitrogens with one attached hydrogen (secondary N) is 2. The largest absolute Gasteiger partial charge is 0.505 e. The van der Waals surface area contributed by atoms with Crippen molar-refractivity contribution in [3.8, 4) is 5.75 Å². The van der Waals surface area contributed by atoms with Crippen LogP contribution in [0.5, 0.6) is 5.75 Å². The van der Waals surface area contributed by atoms with Gasteiger partial charge in [-0.15, -0.1) is 0 Å². The molecular formula is C22H25N3O5. The lowest BCUT2D eigenvalue weighted by Gasteiger charge is -2.21. The van der Waals surface area contributed by atoms with Crippen LogP contribution in [-0.2, 0) is 6.42 Å². The average Bonchev–Trinajstić information content (AvgIpc) is 3.22. The summed E-state index contributed by atoms with van der Waals surface area (Å²) in [5.41, 5.74) is 0.143. The number of hydrogen-bond acceptors (Lipinski definition) is 7. The van der Waals surface area contributed by atoms with Crippen LogP contribution in [0.15, 0.2) is 44.5 Å². The van der Waals surface area contributed by atoms with Gasteiger partial charge in [-0.1, -0.05) is 19.9 Å². The number of phenolic OH excluding ortho intramolecular Hbond substituents is 1. The normalized spacial score (nSPS) is 12.0. The second-order valence-corrected chi connectivity index (χ2v) is 7.25. The molecule has 1 atom stereocenters. The zero-order valence-corrected chi connectivity index (χ0v) is 17.4. The summed E-state index contributed by atoms with van der Waals surface area (Å²) in [6, 6.07) is 6.23. The number of nitrogens with zero attached hydrogens (tertiary/aromatic N) is 1. The Hall–Kier alpha value is -3.55. The Balaban J connectivity index is 1.89. The fourth-order valence-corrected chi connectivity index (χ4v) is 3.15. The van der Waals surface area contributed by atoms with E-state index in [4.69, 9.17) is 4.42 Å². The topological polar surface area (TPSA) is 112 Å². The second kappa shape index (κ2) is 8.44. The molecule has 3 aromatic rings. The number of hydrogen-bond donors (Lipinski definition) is 3. The van der Waals surface area contributed by atoms with Crippen molar-refractivity contribution in [2.24, 2.45) is 0 Å². The van der Waals surface area contributed by atoms with E-state index in [-0.39, 0.29) is 40.3 Å². The van der Waals surface area contributed by atoms with Gasteiger partial charge in [0.1, 0.15) is 17.1 Å². The van der Waals surface area contributed by atoms with Gasteiger partial charge in [0.25, 0.3) is 16.8 Å². The number of furan rings is 1. The smallest absolute Gasteiger partial charge is 0.257 e. The molecular weight excluding hydrogens is 386 g/mol. The highest BCUT2D eigenvalue weighted by atomic mass is 16.3. The van der Waals surface area contributed by atoms with Crippen LogP contribution in [0.2, 0.25) is 0 Å². The average molecular weight is 411 g/mol. The lowest BCUT2D eigenvalue weighted by atomic mass is 10.1. The fourth-order valence-electron chi connectivity index (χ4n) is 3.15. The summed E-state index contributed by atoms with van der Waals surface area (Å²) >= 11 is 0. The van der Waals surface area contributed by atoms with Crippen LogP contribution in [0, 0.1) is 0 Å². The first kappa shape index (κ1) is 21.2. The maximum Gasteiger partial charge on any atom is 0.257 e. The number of anilines is 3. The van der Waals surface area contributed by atoms with E-state index in [1.54, 1.807) is 26.4 Å². The van der Waals surface area contributed by atoms with Crippen molar-refractivity contribution < 1.29 is 14.3 Å². The van der Waals surface area contributed by atoms with Gasteiger partial charge in [0.15, 0.2) is 5.75 Å². The molecule has 0 saturated carbocycles. The molecule has 1 aromatic heterocycles. The van der Waals surface area contributed by atoms with E-state index in [2.05, 4.69) is 10.6 Å². The monoisotopic (exact) mass is 411 g/mol. The molecule has 8 heteroatoms. The number of carbonyl (C=O) groups excluding carboxylic acids is 1. The molecule has 3 N–H and O–H groups in total. The summed E-state index contributed by atoms with van der Waals surface area (Å²) < 4.78 is 5.59. The van der Waals surface area contributed by atoms with Crippen molar-refractivity contribution in [2.75, 3.05) is 24.7 Å². The highest BCUT2D eigenvalue weighted by Crippen LogP contribution is 2.33. The number of benzene rings is 1. The van der Waals surface area contributed by atoms with E-state index < -0.39 is 10.9 Å². The first-order valence-corrected chi connectivity index (χ1v) is 9.76. The summed E-state index contributed by atoms with van der Waals surface area (Å²) in [5.74, 6) is 0.00530. The minimum atomic E-state index is -0.690. The Bertz CT molecular complexity index is 1140. The lowest BCUT2D eigenvalue weighted by Crippen LogP contribution is -2.37. The molecule has 0 aliphatic carbocycles. The SMILES string of the molecule is CCc1coc([C@@H](CC)Nc2c(Nc3cccc(C(=O)N(C)C)c3O)c(=O)c2=O)c1. The number of phenols is 1. The van der Waals surface area contributed by atoms with Crippen molar-refractivity contribution in [1.29, 1.82) is 0 Å². The molecule has 8 nitrogen and oxygen atoms in total. The second-order valence-electron chi connectivity index (χ2n) is 7.25. The van der Waals surface area contributed by atoms with Gasteiger partial charge in [0.05, 0.1) is 23.6 Å². The maximum absolute atomic E-state index is 12.2. The van der Waals surface area contributed by atoms with Crippen LogP contribution in [0.1, 0.15) is 48.0 Å². The molecule has 0 radical (unpaired) electrons. The summed E-state index contributed by atoms with van der Waals surface area (Å²) in [7, 11) is 3.15. The third kappa shape index (κ3) is 3.80. The van der Waals surface area contributed by atoms with Crippen molar-refractivity contribution >= 4 is 23.0 Å². The Morgan fingerprint density at radius 1 is 1.17 bits per heavy atom. The Morgan fingerprint density at radius 3 is 2.47 bits per heavy atom. The van der Waals surface area contributed by atoms with Gasteiger partial charge in [-0.2, -0.15) is 0 Å². The van der Waals surface area contributed by atoms with E-state index in [1.165, 1.54) is 17.0 Å². The summed E-state index contributed by atoms with van der Waals surface area (Å²) in [6.45, 7) is 3.95. The third-order valence-corrected chi connectivity index (χ3v) is 5.00. The molecule has 0 unspecified atom stereocenters. The quantitative estimate of drug-likeness (QED) is 0.386. The summed E-state index contributed by atoms with van der Waals surface area (Å²) in [4.78, 5) is 37.9. The summed E-state index contributed by atoms with van der Waals surface area (Å²) in [6.07, 6.45) is 3.13. The first-order chi connectivity index (χ1) is 14.3. The van der Waals surface area contributed by atoms with E-state index in [0.717, 1.165) is 12.0 Å². The molecule has 0 bridgehead atoms. The molecule has 1 heterocycles. The number of aromatic hydroxyl groups is 1. The molecule has 158 valence electrons. The van der Waals surface area contributed by atoms with Crippen LogP contribution in [-0.4, -0.2) is 30.0 Å². The molecule has 1 amide bonds. The van der Waals surface area contributed by atoms with Gasteiger partial charge in [-0.25, -0.2) is 0 Å². The van der Waals surface area contributed by atoms with Crippen molar-refractivity contribution in [3.63, 3.8) is 0 Å². The van der Waals surface area contributed by atoms with Crippen LogP contribution >= 0.6 is 0 Å². The Labute approximate surface area is 173 Å². The number of carbonyl (C=O) groups is 1. The zero-order valence-electron chi connectivity index (χ0n) is 17.4. The third-order valence-electron chi connectivity index (χ3n) is 5.00. The minimum absolute atomic E-state index is 0.0467. The minimum Gasteiger partial charge on any atom is -0.505 e. The molecule has 0 fully saturated rings. The maximum atomic E-state index is 12.2. The van der Waals surface area contributed by atoms with E-state index in [1.807, 2.05) is 19.9 Å². The standard InChI is InChI=1S/C22H25N3O5/c1-5-12-10-16(30-11-12)14(6-2)23-17-18(21(28)20(17)27)24-15-9-7-8-13(19(15)26)22(29)25(3)4/h7-11,14,23-24,26H,5-6H2,1-4H3/t14-/m1/s1. The highest BCUT2D eigenvalue weighted by Gasteiger charge is 2.26. The van der Waals surface area contributed by atoms with Gasteiger partial charge in [-0.3, -0.25) is 14.4 Å². The molecule has 3 rings (SSSR count). The highest BCUT2D eigenvalue weighted by molar-refractivity contribution is 5.99. The number of para-hydroxylation sites is 1. The molecule has 30 heavy (non-hydrogen) atoms. The molecule has 0 saturated heterocycles. The van der Waals surface area contributed by atoms with Gasteiger partial charge in [0.2, 0.25) is 0 Å². The molecule has 0 aliphatic heterocycles. The number of aryl methyl sites for hydroxylation is 1. The Kier molecular flexibility index (Phi) is 5.96. The first-order valence-electron chi connectivity index (χ1n) is 9.76. The molecule has 0 aliphatic rings. The van der Waals surface area contributed by atoms with Gasteiger partial charge in [0, 0.05) is 14.1 Å². The number of amides is 1. The van der Waals surface area contributed by atoms with Gasteiger partial charge >= 0.3 is 0 Å². The van der Waals surface area contributed by atoms with Crippen LogP contribution in [0.25, 0.3) is 0 Å². The van der Waals surface area contributed by atoms with Crippen molar-refractivity contribution in [2.45, 2.75) is 32.7 Å². The van der Waals surface area contributed by atoms with Crippen molar-refractivity contribution in [1.82, 2.24) is 4.90 Å². The van der Waals surface area contributed by atoms with Gasteiger partial charge in [-0.05, 0) is 36.6 Å². The van der Waals surface area contributed by atoms with Gasteiger partial charge < -0.3 is 25.1 Å². The van der Waals surface area contributed by atoms with Crippen molar-refractivity contribution in [3.05, 3.63) is 67.9 Å². The zero-order chi connectivity index (χ0) is 22.0. The number of rotatable bonds is 8.